The van der Waals surface area contributed by atoms with Gasteiger partial charge in [0.05, 0.1) is 4.90 Å². The minimum Gasteiger partial charge on any atom is -0.317 e. The van der Waals surface area contributed by atoms with Gasteiger partial charge < -0.3 is 5.32 Å². The molecule has 0 amide bonds. The van der Waals surface area contributed by atoms with E-state index in [1.807, 2.05) is 12.1 Å². The second kappa shape index (κ2) is 5.82. The van der Waals surface area contributed by atoms with Crippen LogP contribution in [0.2, 0.25) is 0 Å². The Morgan fingerprint density at radius 3 is 2.12 bits per heavy atom. The van der Waals surface area contributed by atoms with E-state index in [0.29, 0.717) is 5.92 Å². The van der Waals surface area contributed by atoms with Gasteiger partial charge in [0.25, 0.3) is 0 Å². The molecule has 0 spiro atoms. The van der Waals surface area contributed by atoms with Gasteiger partial charge in [-0.1, -0.05) is 12.1 Å². The Hall–Kier alpha value is -0.620. The Bertz CT molecular complexity index is 453. The summed E-state index contributed by atoms with van der Waals surface area (Å²) in [6, 6.07) is 6.92. The Labute approximate surface area is 108 Å². The van der Waals surface area contributed by atoms with E-state index in [0.717, 1.165) is 25.9 Å². The van der Waals surface area contributed by atoms with E-state index in [9.17, 15) is 8.42 Å². The summed E-state index contributed by atoms with van der Waals surface area (Å²) in [5.74, 6) is 0.538. The Morgan fingerprint density at radius 1 is 1.12 bits per heavy atom. The minimum atomic E-state index is -3.56. The molecule has 1 heterocycles. The minimum absolute atomic E-state index is 0. The molecule has 0 aliphatic carbocycles. The number of piperidine rings is 1. The highest BCUT2D eigenvalue weighted by Gasteiger charge is 2.15. The van der Waals surface area contributed by atoms with Crippen LogP contribution in [0.5, 0.6) is 0 Å². The molecule has 1 saturated heterocycles. The first-order chi connectivity index (χ1) is 7.57. The summed E-state index contributed by atoms with van der Waals surface area (Å²) in [6.45, 7) is 2.06. The van der Waals surface area contributed by atoms with Gasteiger partial charge in [-0.25, -0.2) is 13.6 Å². The van der Waals surface area contributed by atoms with Gasteiger partial charge in [-0.2, -0.15) is 0 Å². The molecule has 0 aromatic heterocycles. The zero-order valence-corrected chi connectivity index (χ0v) is 11.1. The van der Waals surface area contributed by atoms with Crippen molar-refractivity contribution in [3.63, 3.8) is 0 Å². The second-order valence-electron chi connectivity index (χ2n) is 4.14. The molecule has 3 N–H and O–H groups in total. The van der Waals surface area contributed by atoms with Crippen LogP contribution in [-0.2, 0) is 10.0 Å². The van der Waals surface area contributed by atoms with Crippen molar-refractivity contribution < 1.29 is 8.42 Å². The summed E-state index contributed by atoms with van der Waals surface area (Å²) in [4.78, 5) is 0.185. The lowest BCUT2D eigenvalue weighted by atomic mass is 9.90. The van der Waals surface area contributed by atoms with E-state index >= 15 is 0 Å². The zero-order chi connectivity index (χ0) is 11.6. The molecule has 2 rings (SSSR count). The van der Waals surface area contributed by atoms with Crippen molar-refractivity contribution in [1.29, 1.82) is 0 Å². The second-order valence-corrected chi connectivity index (χ2v) is 5.70. The van der Waals surface area contributed by atoms with Gasteiger partial charge in [0.1, 0.15) is 0 Å². The number of rotatable bonds is 2. The number of nitrogens with one attached hydrogen (secondary N) is 1. The first kappa shape index (κ1) is 14.4. The van der Waals surface area contributed by atoms with Gasteiger partial charge in [0.15, 0.2) is 0 Å². The van der Waals surface area contributed by atoms with Crippen molar-refractivity contribution in [2.75, 3.05) is 13.1 Å². The van der Waals surface area contributed by atoms with Crippen LogP contribution in [0.4, 0.5) is 0 Å². The number of benzene rings is 1. The van der Waals surface area contributed by atoms with Gasteiger partial charge in [-0.05, 0) is 49.5 Å². The van der Waals surface area contributed by atoms with Crippen molar-refractivity contribution in [1.82, 2.24) is 5.32 Å². The largest absolute Gasteiger partial charge is 0.317 e. The van der Waals surface area contributed by atoms with E-state index in [4.69, 9.17) is 5.14 Å². The number of sulfonamides is 1. The van der Waals surface area contributed by atoms with Crippen LogP contribution in [-0.4, -0.2) is 21.5 Å². The first-order valence-corrected chi connectivity index (χ1v) is 6.95. The van der Waals surface area contributed by atoms with Gasteiger partial charge in [0, 0.05) is 0 Å². The fourth-order valence-electron chi connectivity index (χ4n) is 2.08. The normalized spacial score (nSPS) is 17.5. The average Bonchev–Trinajstić information content (AvgIpc) is 2.29. The predicted molar refractivity (Wildman–Crippen MR) is 69.9 cm³/mol. The molecule has 0 radical (unpaired) electrons. The van der Waals surface area contributed by atoms with Crippen molar-refractivity contribution in [2.24, 2.45) is 5.14 Å². The van der Waals surface area contributed by atoms with Crippen LogP contribution in [0, 0.1) is 0 Å². The van der Waals surface area contributed by atoms with Gasteiger partial charge in [-0.3, -0.25) is 0 Å². The molecule has 4 nitrogen and oxygen atoms in total. The Morgan fingerprint density at radius 2 is 1.65 bits per heavy atom. The average molecular weight is 277 g/mol. The fourth-order valence-corrected chi connectivity index (χ4v) is 2.60. The molecule has 96 valence electrons. The van der Waals surface area contributed by atoms with E-state index < -0.39 is 10.0 Å². The van der Waals surface area contributed by atoms with Crippen LogP contribution >= 0.6 is 12.4 Å². The lowest BCUT2D eigenvalue weighted by molar-refractivity contribution is 0.460. The van der Waals surface area contributed by atoms with Gasteiger partial charge >= 0.3 is 0 Å². The highest BCUT2D eigenvalue weighted by molar-refractivity contribution is 7.89. The number of nitrogens with two attached hydrogens (primary N) is 1. The lowest BCUT2D eigenvalue weighted by Crippen LogP contribution is -2.26. The highest BCUT2D eigenvalue weighted by atomic mass is 35.5. The highest BCUT2D eigenvalue weighted by Crippen LogP contribution is 2.25. The van der Waals surface area contributed by atoms with Crippen molar-refractivity contribution in [3.05, 3.63) is 29.8 Å². The van der Waals surface area contributed by atoms with E-state index in [2.05, 4.69) is 5.32 Å². The van der Waals surface area contributed by atoms with E-state index in [1.165, 1.54) is 5.56 Å². The summed E-state index contributed by atoms with van der Waals surface area (Å²) in [5, 5.41) is 8.35. The molecule has 0 saturated carbocycles. The van der Waals surface area contributed by atoms with E-state index in [1.54, 1.807) is 12.1 Å². The molecule has 6 heteroatoms. The molecular formula is C11H17ClN2O2S. The van der Waals surface area contributed by atoms with Crippen molar-refractivity contribution in [3.8, 4) is 0 Å². The molecule has 17 heavy (non-hydrogen) atoms. The topological polar surface area (TPSA) is 72.2 Å². The predicted octanol–water partition coefficient (Wildman–Crippen LogP) is 1.22. The third kappa shape index (κ3) is 3.67. The van der Waals surface area contributed by atoms with Crippen molar-refractivity contribution in [2.45, 2.75) is 23.7 Å². The Kier molecular flexibility index (Phi) is 4.94. The van der Waals surface area contributed by atoms with Crippen LogP contribution in [0.25, 0.3) is 0 Å². The molecule has 1 aliphatic rings. The smallest absolute Gasteiger partial charge is 0.238 e. The summed E-state index contributed by atoms with van der Waals surface area (Å²) in [6.07, 6.45) is 2.21. The Balaban J connectivity index is 0.00000144. The molecular weight excluding hydrogens is 260 g/mol. The quantitative estimate of drug-likeness (QED) is 0.853. The van der Waals surface area contributed by atoms with Crippen LogP contribution in [0.15, 0.2) is 29.2 Å². The van der Waals surface area contributed by atoms with Crippen LogP contribution in [0.1, 0.15) is 24.3 Å². The third-order valence-corrected chi connectivity index (χ3v) is 3.95. The zero-order valence-electron chi connectivity index (χ0n) is 9.43. The molecule has 1 aromatic carbocycles. The van der Waals surface area contributed by atoms with Crippen LogP contribution < -0.4 is 10.5 Å². The fraction of sp³-hybridized carbons (Fsp3) is 0.455. The third-order valence-electron chi connectivity index (χ3n) is 3.02. The monoisotopic (exact) mass is 276 g/mol. The molecule has 1 aromatic rings. The molecule has 0 atom stereocenters. The number of halogens is 1. The summed E-state index contributed by atoms with van der Waals surface area (Å²) < 4.78 is 22.2. The number of primary sulfonamides is 1. The molecule has 1 aliphatic heterocycles. The number of hydrogen-bond acceptors (Lipinski definition) is 3. The maximum Gasteiger partial charge on any atom is 0.238 e. The van der Waals surface area contributed by atoms with Crippen molar-refractivity contribution >= 4 is 22.4 Å². The maximum atomic E-state index is 11.1. The summed E-state index contributed by atoms with van der Waals surface area (Å²) in [7, 11) is -3.56. The van der Waals surface area contributed by atoms with Gasteiger partial charge in [0.2, 0.25) is 10.0 Å². The van der Waals surface area contributed by atoms with E-state index in [-0.39, 0.29) is 17.3 Å². The summed E-state index contributed by atoms with van der Waals surface area (Å²) >= 11 is 0. The lowest BCUT2D eigenvalue weighted by Gasteiger charge is -2.22. The number of hydrogen-bond donors (Lipinski definition) is 2. The molecule has 0 bridgehead atoms. The maximum absolute atomic E-state index is 11.1. The summed E-state index contributed by atoms with van der Waals surface area (Å²) in [5.41, 5.74) is 1.20. The first-order valence-electron chi connectivity index (χ1n) is 5.41. The SMILES string of the molecule is Cl.NS(=O)(=O)c1ccc(C2CCNCC2)cc1. The standard InChI is InChI=1S/C11H16N2O2S.ClH/c12-16(14,15)11-3-1-9(2-4-11)10-5-7-13-8-6-10;/h1-4,10,13H,5-8H2,(H2,12,14,15);1H. The van der Waals surface area contributed by atoms with Gasteiger partial charge in [-0.15, -0.1) is 12.4 Å². The molecule has 1 fully saturated rings. The molecule has 0 unspecified atom stereocenters. The van der Waals surface area contributed by atoms with Crippen LogP contribution in [0.3, 0.4) is 0 Å².